The molecule has 0 saturated carbocycles. The summed E-state index contributed by atoms with van der Waals surface area (Å²) in [7, 11) is 0. The second kappa shape index (κ2) is 7.15. The second-order valence-corrected chi connectivity index (χ2v) is 5.04. The fourth-order valence-electron chi connectivity index (χ4n) is 2.08. The minimum Gasteiger partial charge on any atom is -0.310 e. The van der Waals surface area contributed by atoms with E-state index in [4.69, 9.17) is 0 Å². The molecule has 1 atom stereocenters. The van der Waals surface area contributed by atoms with Crippen molar-refractivity contribution < 1.29 is 8.78 Å². The Labute approximate surface area is 118 Å². The third kappa shape index (κ3) is 4.42. The van der Waals surface area contributed by atoms with Crippen LogP contribution in [0.3, 0.4) is 0 Å². The van der Waals surface area contributed by atoms with Gasteiger partial charge < -0.3 is 5.32 Å². The predicted molar refractivity (Wildman–Crippen MR) is 77.4 cm³/mol. The van der Waals surface area contributed by atoms with E-state index >= 15 is 0 Å². The van der Waals surface area contributed by atoms with E-state index in [1.54, 1.807) is 0 Å². The van der Waals surface area contributed by atoms with Gasteiger partial charge in [0.05, 0.1) is 0 Å². The van der Waals surface area contributed by atoms with Gasteiger partial charge in [0.2, 0.25) is 0 Å². The molecule has 0 aliphatic carbocycles. The van der Waals surface area contributed by atoms with Crippen molar-refractivity contribution in [3.05, 3.63) is 71.3 Å². The van der Waals surface area contributed by atoms with Crippen molar-refractivity contribution in [3.8, 4) is 0 Å². The van der Waals surface area contributed by atoms with E-state index in [-0.39, 0.29) is 6.04 Å². The summed E-state index contributed by atoms with van der Waals surface area (Å²) in [5.41, 5.74) is 1.80. The summed E-state index contributed by atoms with van der Waals surface area (Å²) in [5, 5.41) is 3.27. The number of aryl methyl sites for hydroxylation is 1. The topological polar surface area (TPSA) is 12.0 Å². The van der Waals surface area contributed by atoms with E-state index in [9.17, 15) is 8.78 Å². The van der Waals surface area contributed by atoms with Crippen LogP contribution in [0.25, 0.3) is 0 Å². The summed E-state index contributed by atoms with van der Waals surface area (Å²) in [4.78, 5) is 0. The normalized spacial score (nSPS) is 12.3. The van der Waals surface area contributed by atoms with Crippen LogP contribution in [0.2, 0.25) is 0 Å². The van der Waals surface area contributed by atoms with Crippen molar-refractivity contribution in [3.63, 3.8) is 0 Å². The molecule has 20 heavy (non-hydrogen) atoms. The molecule has 0 bridgehead atoms. The molecule has 0 radical (unpaired) electrons. The maximum atomic E-state index is 13.5. The molecule has 1 N–H and O–H groups in total. The number of rotatable bonds is 6. The summed E-state index contributed by atoms with van der Waals surface area (Å²) in [6, 6.07) is 14.2. The van der Waals surface area contributed by atoms with Crippen molar-refractivity contribution in [1.29, 1.82) is 0 Å². The molecular weight excluding hydrogens is 256 g/mol. The van der Waals surface area contributed by atoms with E-state index in [1.807, 2.05) is 18.2 Å². The van der Waals surface area contributed by atoms with Gasteiger partial charge in [-0.2, -0.15) is 0 Å². The summed E-state index contributed by atoms with van der Waals surface area (Å²) >= 11 is 0. The van der Waals surface area contributed by atoms with Crippen LogP contribution in [0.4, 0.5) is 8.78 Å². The molecule has 1 nitrogen and oxygen atoms in total. The number of hydrogen-bond acceptors (Lipinski definition) is 1. The fourth-order valence-corrected chi connectivity index (χ4v) is 2.08. The summed E-state index contributed by atoms with van der Waals surface area (Å²) in [5.74, 6) is -1.03. The summed E-state index contributed by atoms with van der Waals surface area (Å²) in [6.45, 7) is 2.49. The SMILES string of the molecule is CC(CCc1ccccc1)NCc1ccc(F)cc1F. The van der Waals surface area contributed by atoms with Crippen LogP contribution < -0.4 is 5.32 Å². The first-order valence-electron chi connectivity index (χ1n) is 6.86. The van der Waals surface area contributed by atoms with Gasteiger partial charge in [-0.25, -0.2) is 8.78 Å². The van der Waals surface area contributed by atoms with Gasteiger partial charge in [0, 0.05) is 24.2 Å². The first-order valence-corrected chi connectivity index (χ1v) is 6.86. The van der Waals surface area contributed by atoms with Gasteiger partial charge in [-0.1, -0.05) is 36.4 Å². The number of benzene rings is 2. The maximum Gasteiger partial charge on any atom is 0.130 e. The third-order valence-corrected chi connectivity index (χ3v) is 3.36. The van der Waals surface area contributed by atoms with E-state index < -0.39 is 11.6 Å². The highest BCUT2D eigenvalue weighted by molar-refractivity contribution is 5.18. The van der Waals surface area contributed by atoms with E-state index in [0.717, 1.165) is 18.9 Å². The Bertz CT molecular complexity index is 540. The zero-order chi connectivity index (χ0) is 14.4. The second-order valence-electron chi connectivity index (χ2n) is 5.04. The molecule has 0 aliphatic rings. The molecule has 1 unspecified atom stereocenters. The average molecular weight is 275 g/mol. The van der Waals surface area contributed by atoms with E-state index in [2.05, 4.69) is 24.4 Å². The Morgan fingerprint density at radius 2 is 1.80 bits per heavy atom. The van der Waals surface area contributed by atoms with Crippen LogP contribution in [-0.2, 0) is 13.0 Å². The van der Waals surface area contributed by atoms with Gasteiger partial charge in [0.25, 0.3) is 0 Å². The molecule has 2 aromatic rings. The highest BCUT2D eigenvalue weighted by atomic mass is 19.1. The Hall–Kier alpha value is -1.74. The highest BCUT2D eigenvalue weighted by Gasteiger charge is 2.06. The fraction of sp³-hybridized carbons (Fsp3) is 0.294. The average Bonchev–Trinajstić information content (AvgIpc) is 2.45. The Morgan fingerprint density at radius 1 is 1.05 bits per heavy atom. The van der Waals surface area contributed by atoms with Crippen molar-refractivity contribution in [2.75, 3.05) is 0 Å². The van der Waals surface area contributed by atoms with E-state index in [0.29, 0.717) is 12.1 Å². The molecule has 0 saturated heterocycles. The lowest BCUT2D eigenvalue weighted by Gasteiger charge is -2.14. The zero-order valence-corrected chi connectivity index (χ0v) is 11.6. The van der Waals surface area contributed by atoms with Crippen molar-refractivity contribution in [2.24, 2.45) is 0 Å². The molecule has 0 amide bonds. The van der Waals surface area contributed by atoms with Crippen molar-refractivity contribution >= 4 is 0 Å². The maximum absolute atomic E-state index is 13.5. The van der Waals surface area contributed by atoms with Gasteiger partial charge in [-0.15, -0.1) is 0 Å². The van der Waals surface area contributed by atoms with Crippen LogP contribution in [0.1, 0.15) is 24.5 Å². The van der Waals surface area contributed by atoms with Crippen LogP contribution in [0.15, 0.2) is 48.5 Å². The molecule has 2 rings (SSSR count). The van der Waals surface area contributed by atoms with Gasteiger partial charge >= 0.3 is 0 Å². The number of nitrogens with one attached hydrogen (secondary N) is 1. The molecular formula is C17H19F2N. The molecule has 0 heterocycles. The largest absolute Gasteiger partial charge is 0.310 e. The minimum absolute atomic E-state index is 0.277. The molecule has 3 heteroatoms. The van der Waals surface area contributed by atoms with Gasteiger partial charge in [0.15, 0.2) is 0 Å². The Kier molecular flexibility index (Phi) is 5.24. The minimum atomic E-state index is -0.539. The van der Waals surface area contributed by atoms with Crippen LogP contribution in [0, 0.1) is 11.6 Å². The summed E-state index contributed by atoms with van der Waals surface area (Å²) in [6.07, 6.45) is 1.97. The first kappa shape index (κ1) is 14.7. The smallest absolute Gasteiger partial charge is 0.130 e. The van der Waals surface area contributed by atoms with Crippen LogP contribution >= 0.6 is 0 Å². The zero-order valence-electron chi connectivity index (χ0n) is 11.6. The van der Waals surface area contributed by atoms with Gasteiger partial charge in [0.1, 0.15) is 11.6 Å². The lowest BCUT2D eigenvalue weighted by atomic mass is 10.1. The number of halogens is 2. The van der Waals surface area contributed by atoms with Gasteiger partial charge in [-0.05, 0) is 31.4 Å². The Morgan fingerprint density at radius 3 is 2.50 bits per heavy atom. The monoisotopic (exact) mass is 275 g/mol. The van der Waals surface area contributed by atoms with Crippen LogP contribution in [0.5, 0.6) is 0 Å². The Balaban J connectivity index is 1.79. The van der Waals surface area contributed by atoms with Crippen molar-refractivity contribution in [1.82, 2.24) is 5.32 Å². The molecule has 0 spiro atoms. The predicted octanol–water partition coefficient (Wildman–Crippen LogP) is 4.08. The quantitative estimate of drug-likeness (QED) is 0.837. The highest BCUT2D eigenvalue weighted by Crippen LogP contribution is 2.10. The molecule has 0 fully saturated rings. The summed E-state index contributed by atoms with van der Waals surface area (Å²) < 4.78 is 26.3. The first-order chi connectivity index (χ1) is 9.65. The molecule has 0 aliphatic heterocycles. The molecule has 2 aromatic carbocycles. The van der Waals surface area contributed by atoms with Gasteiger partial charge in [-0.3, -0.25) is 0 Å². The van der Waals surface area contributed by atoms with E-state index in [1.165, 1.54) is 17.7 Å². The van der Waals surface area contributed by atoms with Crippen molar-refractivity contribution in [2.45, 2.75) is 32.4 Å². The molecule has 0 aromatic heterocycles. The lowest BCUT2D eigenvalue weighted by Crippen LogP contribution is -2.26. The third-order valence-electron chi connectivity index (χ3n) is 3.36. The standard InChI is InChI=1S/C17H19F2N/c1-13(7-8-14-5-3-2-4-6-14)20-12-15-9-10-16(18)11-17(15)19/h2-6,9-11,13,20H,7-8,12H2,1H3. The lowest BCUT2D eigenvalue weighted by molar-refractivity contribution is 0.498. The number of hydrogen-bond donors (Lipinski definition) is 1. The molecule has 106 valence electrons. The van der Waals surface area contributed by atoms with Crippen LogP contribution in [-0.4, -0.2) is 6.04 Å².